The zero-order valence-electron chi connectivity index (χ0n) is 12.0. The summed E-state index contributed by atoms with van der Waals surface area (Å²) in [4.78, 5) is 13.8. The van der Waals surface area contributed by atoms with Gasteiger partial charge >= 0.3 is 0 Å². The number of hydrogen-bond acceptors (Lipinski definition) is 3. The molecule has 1 aliphatic carbocycles. The van der Waals surface area contributed by atoms with Crippen molar-refractivity contribution in [2.45, 2.75) is 24.9 Å². The van der Waals surface area contributed by atoms with Gasteiger partial charge in [0.2, 0.25) is 0 Å². The molecule has 2 bridgehead atoms. The van der Waals surface area contributed by atoms with E-state index in [-0.39, 0.29) is 17.8 Å². The standard InChI is InChI=1S/C17H17FN2OS/c18-13-4-2-1-3-12(13)15-5-6-16(22-15)17(21)20-14-8-11-7-10(14)9-19-11/h1-6,10-11,14,19H,7-9H2,(H,20,21). The topological polar surface area (TPSA) is 41.1 Å². The molecule has 3 unspecified atom stereocenters. The first-order chi connectivity index (χ1) is 10.7. The molecule has 0 spiro atoms. The van der Waals surface area contributed by atoms with Crippen molar-refractivity contribution >= 4 is 17.2 Å². The summed E-state index contributed by atoms with van der Waals surface area (Å²) in [6, 6.07) is 11.1. The third-order valence-electron chi connectivity index (χ3n) is 4.65. The average molecular weight is 316 g/mol. The van der Waals surface area contributed by atoms with Gasteiger partial charge in [-0.15, -0.1) is 11.3 Å². The fraction of sp³-hybridized carbons (Fsp3) is 0.353. The largest absolute Gasteiger partial charge is 0.348 e. The van der Waals surface area contributed by atoms with Gasteiger partial charge < -0.3 is 10.6 Å². The number of halogens is 1. The van der Waals surface area contributed by atoms with Crippen LogP contribution in [0.1, 0.15) is 22.5 Å². The lowest BCUT2D eigenvalue weighted by molar-refractivity contribution is 0.0929. The van der Waals surface area contributed by atoms with Gasteiger partial charge in [0, 0.05) is 29.1 Å². The van der Waals surface area contributed by atoms with E-state index in [1.807, 2.05) is 6.07 Å². The van der Waals surface area contributed by atoms with E-state index in [1.165, 1.54) is 17.4 Å². The summed E-state index contributed by atoms with van der Waals surface area (Å²) in [7, 11) is 0. The lowest BCUT2D eigenvalue weighted by Crippen LogP contribution is -2.43. The third kappa shape index (κ3) is 2.44. The number of piperidine rings is 1. The highest BCUT2D eigenvalue weighted by Crippen LogP contribution is 2.33. The van der Waals surface area contributed by atoms with Crippen LogP contribution < -0.4 is 10.6 Å². The fourth-order valence-electron chi connectivity index (χ4n) is 3.52. The van der Waals surface area contributed by atoms with E-state index in [0.29, 0.717) is 22.4 Å². The maximum Gasteiger partial charge on any atom is 0.261 e. The fourth-order valence-corrected chi connectivity index (χ4v) is 4.45. The van der Waals surface area contributed by atoms with Crippen molar-refractivity contribution in [3.8, 4) is 10.4 Å². The molecule has 3 nitrogen and oxygen atoms in total. The Bertz CT molecular complexity index is 714. The lowest BCUT2D eigenvalue weighted by Gasteiger charge is -2.23. The summed E-state index contributed by atoms with van der Waals surface area (Å²) in [6.45, 7) is 1.00. The summed E-state index contributed by atoms with van der Waals surface area (Å²) in [5, 5.41) is 6.58. The van der Waals surface area contributed by atoms with E-state index in [1.54, 1.807) is 24.3 Å². The van der Waals surface area contributed by atoms with E-state index in [2.05, 4.69) is 10.6 Å². The Morgan fingerprint density at radius 1 is 1.23 bits per heavy atom. The van der Waals surface area contributed by atoms with Crippen molar-refractivity contribution in [1.82, 2.24) is 10.6 Å². The first-order valence-electron chi connectivity index (χ1n) is 7.59. The molecule has 1 aromatic heterocycles. The van der Waals surface area contributed by atoms with Crippen LogP contribution in [0.25, 0.3) is 10.4 Å². The normalized spacial score (nSPS) is 26.3. The van der Waals surface area contributed by atoms with Crippen molar-refractivity contribution in [3.63, 3.8) is 0 Å². The summed E-state index contributed by atoms with van der Waals surface area (Å²) in [5.74, 6) is 0.264. The van der Waals surface area contributed by atoms with Crippen molar-refractivity contribution in [2.75, 3.05) is 6.54 Å². The number of fused-ring (bicyclic) bond motifs is 2. The molecule has 2 aromatic rings. The van der Waals surface area contributed by atoms with Crippen LogP contribution in [0.15, 0.2) is 36.4 Å². The lowest BCUT2D eigenvalue weighted by atomic mass is 10.0. The molecule has 2 N–H and O–H groups in total. The highest BCUT2D eigenvalue weighted by molar-refractivity contribution is 7.17. The second kappa shape index (κ2) is 5.48. The van der Waals surface area contributed by atoms with Gasteiger partial charge in [0.25, 0.3) is 5.91 Å². The van der Waals surface area contributed by atoms with Gasteiger partial charge in [0.1, 0.15) is 5.82 Å². The number of benzene rings is 1. The Morgan fingerprint density at radius 2 is 2.09 bits per heavy atom. The molecule has 2 fully saturated rings. The Hall–Kier alpha value is -1.72. The van der Waals surface area contributed by atoms with Crippen LogP contribution in [-0.4, -0.2) is 24.5 Å². The summed E-state index contributed by atoms with van der Waals surface area (Å²) in [5.41, 5.74) is 0.552. The molecule has 114 valence electrons. The molecule has 2 aliphatic rings. The van der Waals surface area contributed by atoms with Gasteiger partial charge in [-0.2, -0.15) is 0 Å². The Kier molecular flexibility index (Phi) is 3.47. The molecule has 3 atom stereocenters. The van der Waals surface area contributed by atoms with Crippen LogP contribution in [0.2, 0.25) is 0 Å². The molecule has 1 saturated carbocycles. The molecular weight excluding hydrogens is 299 g/mol. The van der Waals surface area contributed by atoms with E-state index in [9.17, 15) is 9.18 Å². The summed E-state index contributed by atoms with van der Waals surface area (Å²) < 4.78 is 13.8. The first kappa shape index (κ1) is 13.9. The van der Waals surface area contributed by atoms with Gasteiger partial charge in [-0.1, -0.05) is 18.2 Å². The van der Waals surface area contributed by atoms with Crippen molar-refractivity contribution in [2.24, 2.45) is 5.92 Å². The zero-order valence-corrected chi connectivity index (χ0v) is 12.8. The first-order valence-corrected chi connectivity index (χ1v) is 8.41. The van der Waals surface area contributed by atoms with E-state index in [4.69, 9.17) is 0 Å². The van der Waals surface area contributed by atoms with Crippen LogP contribution >= 0.6 is 11.3 Å². The number of carbonyl (C=O) groups excluding carboxylic acids is 1. The number of thiophene rings is 1. The van der Waals surface area contributed by atoms with Gasteiger partial charge in [0.05, 0.1) is 4.88 Å². The predicted molar refractivity (Wildman–Crippen MR) is 85.5 cm³/mol. The highest BCUT2D eigenvalue weighted by Gasteiger charge is 2.40. The number of hydrogen-bond donors (Lipinski definition) is 2. The van der Waals surface area contributed by atoms with Crippen molar-refractivity contribution in [3.05, 3.63) is 47.1 Å². The maximum absolute atomic E-state index is 13.8. The van der Waals surface area contributed by atoms with Crippen LogP contribution in [-0.2, 0) is 0 Å². The molecule has 5 heteroatoms. The Labute approximate surface area is 132 Å². The summed E-state index contributed by atoms with van der Waals surface area (Å²) >= 11 is 1.34. The quantitative estimate of drug-likeness (QED) is 0.914. The molecule has 22 heavy (non-hydrogen) atoms. The smallest absolute Gasteiger partial charge is 0.261 e. The average Bonchev–Trinajstić information content (AvgIpc) is 3.24. The second-order valence-corrected chi connectivity index (χ2v) is 7.14. The summed E-state index contributed by atoms with van der Waals surface area (Å²) in [6.07, 6.45) is 2.18. The van der Waals surface area contributed by atoms with Crippen LogP contribution in [0.4, 0.5) is 4.39 Å². The number of amides is 1. The highest BCUT2D eigenvalue weighted by atomic mass is 32.1. The predicted octanol–water partition coefficient (Wildman–Crippen LogP) is 3.03. The third-order valence-corrected chi connectivity index (χ3v) is 5.77. The van der Waals surface area contributed by atoms with Crippen LogP contribution in [0.3, 0.4) is 0 Å². The maximum atomic E-state index is 13.8. The van der Waals surface area contributed by atoms with Crippen molar-refractivity contribution in [1.29, 1.82) is 0 Å². The Morgan fingerprint density at radius 3 is 2.82 bits per heavy atom. The van der Waals surface area contributed by atoms with E-state index >= 15 is 0 Å². The number of carbonyl (C=O) groups is 1. The minimum Gasteiger partial charge on any atom is -0.348 e. The Balaban J connectivity index is 1.49. The molecule has 2 heterocycles. The van der Waals surface area contributed by atoms with Gasteiger partial charge in [-0.25, -0.2) is 4.39 Å². The molecule has 1 amide bonds. The van der Waals surface area contributed by atoms with E-state index in [0.717, 1.165) is 24.3 Å². The minimum absolute atomic E-state index is 0.0369. The van der Waals surface area contributed by atoms with Crippen LogP contribution in [0.5, 0.6) is 0 Å². The van der Waals surface area contributed by atoms with Gasteiger partial charge in [-0.3, -0.25) is 4.79 Å². The number of nitrogens with one attached hydrogen (secondary N) is 2. The molecule has 4 rings (SSSR count). The zero-order chi connectivity index (χ0) is 15.1. The van der Waals surface area contributed by atoms with Gasteiger partial charge in [-0.05, 0) is 37.0 Å². The molecule has 1 aliphatic heterocycles. The second-order valence-electron chi connectivity index (χ2n) is 6.06. The molecule has 1 saturated heterocycles. The van der Waals surface area contributed by atoms with Gasteiger partial charge in [0.15, 0.2) is 0 Å². The van der Waals surface area contributed by atoms with Crippen molar-refractivity contribution < 1.29 is 9.18 Å². The molecule has 0 radical (unpaired) electrons. The number of rotatable bonds is 3. The molecule has 1 aromatic carbocycles. The molecular formula is C17H17FN2OS. The van der Waals surface area contributed by atoms with E-state index < -0.39 is 0 Å². The van der Waals surface area contributed by atoms with Crippen LogP contribution in [0, 0.1) is 11.7 Å². The monoisotopic (exact) mass is 316 g/mol. The minimum atomic E-state index is -0.254. The SMILES string of the molecule is O=C(NC1CC2CC1CN2)c1ccc(-c2ccccc2F)s1.